The highest BCUT2D eigenvalue weighted by atomic mass is 35.5. The molecule has 0 saturated carbocycles. The number of ether oxygens (including phenoxy) is 3. The summed E-state index contributed by atoms with van der Waals surface area (Å²) >= 11 is 7.43. The van der Waals surface area contributed by atoms with Gasteiger partial charge in [-0.25, -0.2) is 19.7 Å². The summed E-state index contributed by atoms with van der Waals surface area (Å²) in [6.45, 7) is 5.99. The van der Waals surface area contributed by atoms with Crippen molar-refractivity contribution in [2.45, 2.75) is 6.42 Å². The Morgan fingerprint density at radius 3 is 2.57 bits per heavy atom. The summed E-state index contributed by atoms with van der Waals surface area (Å²) in [4.78, 5) is 31.1. The Kier molecular flexibility index (Phi) is 9.83. The molecule has 0 bridgehead atoms. The molecular weight excluding hydrogens is 628 g/mol. The van der Waals surface area contributed by atoms with Crippen LogP contribution in [-0.2, 0) is 0 Å². The van der Waals surface area contributed by atoms with Gasteiger partial charge < -0.3 is 34.6 Å². The topological polar surface area (TPSA) is 126 Å². The predicted molar refractivity (Wildman–Crippen MR) is 184 cm³/mol. The monoisotopic (exact) mass is 662 g/mol. The van der Waals surface area contributed by atoms with Crippen LogP contribution in [0.4, 0.5) is 27.1 Å². The van der Waals surface area contributed by atoms with E-state index in [0.717, 1.165) is 66.0 Å². The van der Waals surface area contributed by atoms with Gasteiger partial charge in [0.25, 0.3) is 0 Å². The fraction of sp³-hybridized carbons (Fsp3) is 0.312. The van der Waals surface area contributed by atoms with Crippen molar-refractivity contribution in [3.05, 3.63) is 59.9 Å². The number of aromatic nitrogens is 3. The van der Waals surface area contributed by atoms with Crippen molar-refractivity contribution in [1.29, 1.82) is 0 Å². The molecule has 0 radical (unpaired) electrons. The second-order valence-electron chi connectivity index (χ2n) is 10.8. The van der Waals surface area contributed by atoms with E-state index in [-0.39, 0.29) is 0 Å². The molecule has 0 aliphatic carbocycles. The Balaban J connectivity index is 1.12. The lowest BCUT2D eigenvalue weighted by Gasteiger charge is -2.32. The number of urea groups is 1. The number of piperazine rings is 1. The van der Waals surface area contributed by atoms with Crippen LogP contribution in [-0.4, -0.2) is 91.4 Å². The standard InChI is InChI=1S/C32H35ClN8O4S/c1-40-10-12-41(13-11-40)9-4-14-45-28-18-24-22(17-27(28)44-3)30(35-19-34-24)36-21-6-7-23-29(16-21)46-32(38-23)39-31(42)37-25-15-20(33)5-8-26(25)43-2/h5-8,15-19H,4,9-14H2,1-3H3,(H,34,35,36)(H2,37,38,39,42). The number of amides is 2. The molecular formula is C32H35ClN8O4S. The molecule has 0 unspecified atom stereocenters. The number of benzene rings is 3. The largest absolute Gasteiger partial charge is 0.495 e. The SMILES string of the molecule is COc1ccc(Cl)cc1NC(=O)Nc1nc2ccc(Nc3ncnc4cc(OCCCN5CCN(C)CC5)c(OC)cc34)cc2s1. The van der Waals surface area contributed by atoms with Gasteiger partial charge in [-0.3, -0.25) is 5.32 Å². The fourth-order valence-electron chi connectivity index (χ4n) is 5.20. The number of halogens is 1. The number of thiazole rings is 1. The quantitative estimate of drug-likeness (QED) is 0.138. The number of carbonyl (C=O) groups excluding carboxylic acids is 1. The Morgan fingerprint density at radius 2 is 1.76 bits per heavy atom. The molecule has 1 fully saturated rings. The van der Waals surface area contributed by atoms with Crippen LogP contribution in [0.2, 0.25) is 5.02 Å². The number of methoxy groups -OCH3 is 2. The number of anilines is 4. The van der Waals surface area contributed by atoms with Crippen LogP contribution in [0.25, 0.3) is 21.1 Å². The van der Waals surface area contributed by atoms with Crippen LogP contribution >= 0.6 is 22.9 Å². The maximum absolute atomic E-state index is 12.7. The third-order valence-electron chi connectivity index (χ3n) is 7.67. The summed E-state index contributed by atoms with van der Waals surface area (Å²) < 4.78 is 18.0. The molecule has 14 heteroatoms. The summed E-state index contributed by atoms with van der Waals surface area (Å²) in [7, 11) is 5.32. The van der Waals surface area contributed by atoms with E-state index in [0.29, 0.717) is 45.5 Å². The van der Waals surface area contributed by atoms with E-state index in [1.54, 1.807) is 25.3 Å². The number of rotatable bonds is 11. The van der Waals surface area contributed by atoms with Gasteiger partial charge in [0.15, 0.2) is 16.6 Å². The van der Waals surface area contributed by atoms with Crippen LogP contribution < -0.4 is 30.2 Å². The van der Waals surface area contributed by atoms with E-state index in [9.17, 15) is 4.79 Å². The lowest BCUT2D eigenvalue weighted by atomic mass is 10.2. The Hall–Kier alpha value is -4.43. The molecule has 1 aliphatic heterocycles. The number of nitrogens with zero attached hydrogens (tertiary/aromatic N) is 5. The maximum Gasteiger partial charge on any atom is 0.325 e. The number of hydrogen-bond donors (Lipinski definition) is 3. The molecule has 3 aromatic carbocycles. The zero-order chi connectivity index (χ0) is 32.0. The fourth-order valence-corrected chi connectivity index (χ4v) is 6.27. The van der Waals surface area contributed by atoms with Gasteiger partial charge >= 0.3 is 6.03 Å². The Labute approximate surface area is 275 Å². The van der Waals surface area contributed by atoms with Crippen molar-refractivity contribution in [1.82, 2.24) is 24.8 Å². The van der Waals surface area contributed by atoms with Gasteiger partial charge in [0.1, 0.15) is 17.9 Å². The van der Waals surface area contributed by atoms with E-state index in [1.807, 2.05) is 30.3 Å². The van der Waals surface area contributed by atoms with Gasteiger partial charge in [-0.1, -0.05) is 22.9 Å². The second kappa shape index (κ2) is 14.3. The minimum Gasteiger partial charge on any atom is -0.495 e. The average molecular weight is 663 g/mol. The summed E-state index contributed by atoms with van der Waals surface area (Å²) in [6, 6.07) is 14.1. The first kappa shape index (κ1) is 31.5. The van der Waals surface area contributed by atoms with Crippen LogP contribution in [0.15, 0.2) is 54.9 Å². The van der Waals surface area contributed by atoms with Gasteiger partial charge in [0, 0.05) is 54.9 Å². The number of carbonyl (C=O) groups is 1. The van der Waals surface area contributed by atoms with Crippen molar-refractivity contribution < 1.29 is 19.0 Å². The van der Waals surface area contributed by atoms with Gasteiger partial charge in [-0.15, -0.1) is 0 Å². The van der Waals surface area contributed by atoms with E-state index < -0.39 is 6.03 Å². The normalized spacial score (nSPS) is 13.9. The lowest BCUT2D eigenvalue weighted by Crippen LogP contribution is -2.44. The number of likely N-dealkylation sites (N-methyl/N-ethyl adjacent to an activating group) is 1. The molecule has 6 rings (SSSR count). The molecule has 0 atom stereocenters. The van der Waals surface area contributed by atoms with Crippen molar-refractivity contribution in [3.63, 3.8) is 0 Å². The zero-order valence-electron chi connectivity index (χ0n) is 25.8. The first-order chi connectivity index (χ1) is 22.4. The molecule has 3 N–H and O–H groups in total. The number of nitrogens with one attached hydrogen (secondary N) is 3. The van der Waals surface area contributed by atoms with E-state index in [2.05, 4.69) is 47.7 Å². The van der Waals surface area contributed by atoms with Crippen LogP contribution in [0.3, 0.4) is 0 Å². The molecule has 46 heavy (non-hydrogen) atoms. The Bertz CT molecular complexity index is 1850. The second-order valence-corrected chi connectivity index (χ2v) is 12.3. The first-order valence-corrected chi connectivity index (χ1v) is 16.0. The molecule has 1 saturated heterocycles. The molecule has 2 amide bonds. The van der Waals surface area contributed by atoms with Crippen molar-refractivity contribution in [3.8, 4) is 17.2 Å². The first-order valence-electron chi connectivity index (χ1n) is 14.8. The lowest BCUT2D eigenvalue weighted by molar-refractivity contribution is 0.145. The molecule has 240 valence electrons. The highest BCUT2D eigenvalue weighted by Gasteiger charge is 2.16. The summed E-state index contributed by atoms with van der Waals surface area (Å²) in [6.07, 6.45) is 2.45. The third-order valence-corrected chi connectivity index (χ3v) is 8.84. The smallest absolute Gasteiger partial charge is 0.325 e. The number of hydrogen-bond acceptors (Lipinski definition) is 11. The number of fused-ring (bicyclic) bond motifs is 2. The highest BCUT2D eigenvalue weighted by Crippen LogP contribution is 2.36. The van der Waals surface area contributed by atoms with Gasteiger partial charge in [-0.2, -0.15) is 0 Å². The van der Waals surface area contributed by atoms with Crippen LogP contribution in [0.1, 0.15) is 6.42 Å². The van der Waals surface area contributed by atoms with Crippen molar-refractivity contribution >= 4 is 72.4 Å². The molecule has 3 heterocycles. The van der Waals surface area contributed by atoms with E-state index in [4.69, 9.17) is 25.8 Å². The minimum atomic E-state index is -0.460. The van der Waals surface area contributed by atoms with Gasteiger partial charge in [-0.05, 0) is 55.9 Å². The van der Waals surface area contributed by atoms with Crippen molar-refractivity contribution in [2.75, 3.05) is 76.5 Å². The molecule has 12 nitrogen and oxygen atoms in total. The molecule has 5 aromatic rings. The summed E-state index contributed by atoms with van der Waals surface area (Å²) in [5, 5.41) is 10.7. The van der Waals surface area contributed by atoms with Gasteiger partial charge in [0.2, 0.25) is 0 Å². The molecule has 0 spiro atoms. The zero-order valence-corrected chi connectivity index (χ0v) is 27.4. The summed E-state index contributed by atoms with van der Waals surface area (Å²) in [5.41, 5.74) is 2.74. The third kappa shape index (κ3) is 7.50. The van der Waals surface area contributed by atoms with Crippen molar-refractivity contribution in [2.24, 2.45) is 0 Å². The maximum atomic E-state index is 12.7. The minimum absolute atomic E-state index is 0.443. The highest BCUT2D eigenvalue weighted by molar-refractivity contribution is 7.22. The van der Waals surface area contributed by atoms with Crippen LogP contribution in [0.5, 0.6) is 17.2 Å². The van der Waals surface area contributed by atoms with Gasteiger partial charge in [0.05, 0.1) is 42.2 Å². The van der Waals surface area contributed by atoms with Crippen LogP contribution in [0, 0.1) is 0 Å². The molecule has 1 aliphatic rings. The van der Waals surface area contributed by atoms with E-state index in [1.165, 1.54) is 24.8 Å². The Morgan fingerprint density at radius 1 is 0.935 bits per heavy atom. The van der Waals surface area contributed by atoms with E-state index >= 15 is 0 Å². The summed E-state index contributed by atoms with van der Waals surface area (Å²) in [5.74, 6) is 2.39. The predicted octanol–water partition coefficient (Wildman–Crippen LogP) is 6.31. The average Bonchev–Trinajstić information content (AvgIpc) is 3.45. The molecule has 2 aromatic heterocycles.